The minimum Gasteiger partial charge on any atom is -0.490 e. The van der Waals surface area contributed by atoms with Crippen molar-refractivity contribution in [1.29, 1.82) is 0 Å². The van der Waals surface area contributed by atoms with Crippen molar-refractivity contribution in [3.05, 3.63) is 77.9 Å². The summed E-state index contributed by atoms with van der Waals surface area (Å²) in [6.07, 6.45) is 0. The Kier molecular flexibility index (Phi) is 8.47. The molecule has 0 atom stereocenters. The number of nitrogens with zero attached hydrogens (tertiary/aromatic N) is 1. The molecule has 33 heavy (non-hydrogen) atoms. The van der Waals surface area contributed by atoms with Crippen molar-refractivity contribution in [2.24, 2.45) is 5.10 Å². The van der Waals surface area contributed by atoms with Gasteiger partial charge >= 0.3 is 0 Å². The second-order valence-electron chi connectivity index (χ2n) is 7.18. The van der Waals surface area contributed by atoms with Crippen LogP contribution in [0, 0.1) is 0 Å². The van der Waals surface area contributed by atoms with Gasteiger partial charge in [0, 0.05) is 5.56 Å². The molecule has 0 saturated carbocycles. The molecule has 3 aromatic rings. The molecule has 1 N–H and O–H groups in total. The van der Waals surface area contributed by atoms with Gasteiger partial charge < -0.3 is 14.2 Å². The van der Waals surface area contributed by atoms with E-state index in [0.29, 0.717) is 48.3 Å². The molecule has 0 aliphatic heterocycles. The number of ether oxygens (including phenoxy) is 3. The molecule has 0 saturated heterocycles. The lowest BCUT2D eigenvalue weighted by molar-refractivity contribution is 0.0953. The highest BCUT2D eigenvalue weighted by Crippen LogP contribution is 2.39. The first kappa shape index (κ1) is 23.9. The van der Waals surface area contributed by atoms with E-state index in [-0.39, 0.29) is 5.91 Å². The molecule has 3 rings (SSSR count). The molecule has 1 amide bonds. The van der Waals surface area contributed by atoms with Gasteiger partial charge in [-0.3, -0.25) is 4.79 Å². The second-order valence-corrected chi connectivity index (χ2v) is 7.18. The third kappa shape index (κ3) is 6.13. The maximum absolute atomic E-state index is 12.8. The number of rotatable bonds is 10. The summed E-state index contributed by atoms with van der Waals surface area (Å²) in [5.74, 6) is 1.07. The normalized spacial score (nSPS) is 11.1. The standard InChI is InChI=1S/C27H30N2O4/c1-5-31-24-17-23(18-25(32-6-2)26(24)33-7-3)27(30)29-28-19(4)20-13-15-22(16-14-20)21-11-9-8-10-12-21/h8-18H,5-7H2,1-4H3,(H,29,30). The summed E-state index contributed by atoms with van der Waals surface area (Å²) < 4.78 is 17.1. The van der Waals surface area contributed by atoms with Crippen molar-refractivity contribution >= 4 is 11.6 Å². The third-order valence-electron chi connectivity index (χ3n) is 4.91. The summed E-state index contributed by atoms with van der Waals surface area (Å²) in [5, 5.41) is 4.29. The van der Waals surface area contributed by atoms with Crippen LogP contribution in [0.4, 0.5) is 0 Å². The topological polar surface area (TPSA) is 69.2 Å². The number of hydrogen-bond donors (Lipinski definition) is 1. The van der Waals surface area contributed by atoms with Crippen molar-refractivity contribution in [2.45, 2.75) is 27.7 Å². The molecule has 0 unspecified atom stereocenters. The van der Waals surface area contributed by atoms with E-state index in [1.54, 1.807) is 12.1 Å². The Balaban J connectivity index is 1.78. The van der Waals surface area contributed by atoms with Crippen LogP contribution < -0.4 is 19.6 Å². The predicted molar refractivity (Wildman–Crippen MR) is 132 cm³/mol. The smallest absolute Gasteiger partial charge is 0.271 e. The lowest BCUT2D eigenvalue weighted by Gasteiger charge is -2.16. The molecular weight excluding hydrogens is 416 g/mol. The average molecular weight is 447 g/mol. The van der Waals surface area contributed by atoms with Gasteiger partial charge in [0.05, 0.1) is 25.5 Å². The molecule has 0 spiro atoms. The van der Waals surface area contributed by atoms with E-state index in [4.69, 9.17) is 14.2 Å². The van der Waals surface area contributed by atoms with Crippen molar-refractivity contribution < 1.29 is 19.0 Å². The highest BCUT2D eigenvalue weighted by molar-refractivity contribution is 6.01. The average Bonchev–Trinajstić information content (AvgIpc) is 2.85. The van der Waals surface area contributed by atoms with Crippen molar-refractivity contribution in [3.8, 4) is 28.4 Å². The largest absolute Gasteiger partial charge is 0.490 e. The van der Waals surface area contributed by atoms with Crippen LogP contribution >= 0.6 is 0 Å². The summed E-state index contributed by atoms with van der Waals surface area (Å²) in [6, 6.07) is 21.5. The number of benzene rings is 3. The van der Waals surface area contributed by atoms with Crippen LogP contribution in [0.1, 0.15) is 43.6 Å². The minimum atomic E-state index is -0.361. The third-order valence-corrected chi connectivity index (χ3v) is 4.91. The monoisotopic (exact) mass is 446 g/mol. The Labute approximate surface area is 195 Å². The maximum atomic E-state index is 12.8. The molecule has 0 aliphatic carbocycles. The molecule has 0 bridgehead atoms. The van der Waals surface area contributed by atoms with Crippen molar-refractivity contribution in [1.82, 2.24) is 5.43 Å². The number of nitrogens with one attached hydrogen (secondary N) is 1. The molecule has 6 nitrogen and oxygen atoms in total. The SMILES string of the molecule is CCOc1cc(C(=O)NN=C(C)c2ccc(-c3ccccc3)cc2)cc(OCC)c1OCC. The Morgan fingerprint density at radius 3 is 1.85 bits per heavy atom. The summed E-state index contributed by atoms with van der Waals surface area (Å²) in [6.45, 7) is 8.82. The molecule has 0 radical (unpaired) electrons. The van der Waals surface area contributed by atoms with E-state index >= 15 is 0 Å². The van der Waals surface area contributed by atoms with Gasteiger partial charge in [-0.05, 0) is 56.5 Å². The quantitative estimate of drug-likeness (QED) is 0.320. The number of hydrazone groups is 1. The zero-order valence-corrected chi connectivity index (χ0v) is 19.6. The number of carbonyl (C=O) groups is 1. The number of hydrogen-bond acceptors (Lipinski definition) is 5. The maximum Gasteiger partial charge on any atom is 0.271 e. The first-order chi connectivity index (χ1) is 16.1. The summed E-state index contributed by atoms with van der Waals surface area (Å²) in [4.78, 5) is 12.8. The number of carbonyl (C=O) groups excluding carboxylic acids is 1. The fourth-order valence-corrected chi connectivity index (χ4v) is 3.32. The van der Waals surface area contributed by atoms with Crippen molar-refractivity contribution in [2.75, 3.05) is 19.8 Å². The van der Waals surface area contributed by atoms with E-state index in [1.807, 2.05) is 70.2 Å². The molecule has 0 fully saturated rings. The van der Waals surface area contributed by atoms with Crippen LogP contribution in [0.5, 0.6) is 17.2 Å². The van der Waals surface area contributed by atoms with Crippen LogP contribution in [0.2, 0.25) is 0 Å². The molecule has 3 aromatic carbocycles. The van der Waals surface area contributed by atoms with Gasteiger partial charge in [-0.1, -0.05) is 54.6 Å². The molecule has 0 aromatic heterocycles. The zero-order chi connectivity index (χ0) is 23.6. The van der Waals surface area contributed by atoms with Crippen LogP contribution in [0.3, 0.4) is 0 Å². The van der Waals surface area contributed by atoms with Gasteiger partial charge in [-0.25, -0.2) is 5.43 Å². The van der Waals surface area contributed by atoms with E-state index < -0.39 is 0 Å². The molecule has 172 valence electrons. The van der Waals surface area contributed by atoms with Gasteiger partial charge in [0.1, 0.15) is 0 Å². The predicted octanol–water partition coefficient (Wildman–Crippen LogP) is 5.70. The first-order valence-corrected chi connectivity index (χ1v) is 11.1. The first-order valence-electron chi connectivity index (χ1n) is 11.1. The Morgan fingerprint density at radius 2 is 1.30 bits per heavy atom. The van der Waals surface area contributed by atoms with Gasteiger partial charge in [-0.2, -0.15) is 5.10 Å². The highest BCUT2D eigenvalue weighted by atomic mass is 16.5. The highest BCUT2D eigenvalue weighted by Gasteiger charge is 2.18. The van der Waals surface area contributed by atoms with E-state index in [2.05, 4.69) is 22.7 Å². The Morgan fingerprint density at radius 1 is 0.758 bits per heavy atom. The fraction of sp³-hybridized carbons (Fsp3) is 0.259. The summed E-state index contributed by atoms with van der Waals surface area (Å²) in [5.41, 5.74) is 6.90. The molecule has 6 heteroatoms. The summed E-state index contributed by atoms with van der Waals surface area (Å²) in [7, 11) is 0. The lowest BCUT2D eigenvalue weighted by atomic mass is 10.0. The molecular formula is C27H30N2O4. The van der Waals surface area contributed by atoms with Crippen molar-refractivity contribution in [3.63, 3.8) is 0 Å². The van der Waals surface area contributed by atoms with E-state index in [9.17, 15) is 4.79 Å². The summed E-state index contributed by atoms with van der Waals surface area (Å²) >= 11 is 0. The number of amides is 1. The van der Waals surface area contributed by atoms with Gasteiger partial charge in [-0.15, -0.1) is 0 Å². The minimum absolute atomic E-state index is 0.361. The van der Waals surface area contributed by atoms with Crippen LogP contribution in [0.15, 0.2) is 71.8 Å². The fourth-order valence-electron chi connectivity index (χ4n) is 3.32. The van der Waals surface area contributed by atoms with Crippen LogP contribution in [-0.4, -0.2) is 31.4 Å². The molecule has 0 heterocycles. The van der Waals surface area contributed by atoms with E-state index in [0.717, 1.165) is 16.7 Å². The van der Waals surface area contributed by atoms with E-state index in [1.165, 1.54) is 0 Å². The second kappa shape index (κ2) is 11.7. The van der Waals surface area contributed by atoms with Crippen LogP contribution in [-0.2, 0) is 0 Å². The molecule has 0 aliphatic rings. The Hall–Kier alpha value is -3.80. The van der Waals surface area contributed by atoms with Gasteiger partial charge in [0.2, 0.25) is 5.75 Å². The Bertz CT molecular complexity index is 1070. The zero-order valence-electron chi connectivity index (χ0n) is 19.6. The van der Waals surface area contributed by atoms with Gasteiger partial charge in [0.15, 0.2) is 11.5 Å². The van der Waals surface area contributed by atoms with Crippen LogP contribution in [0.25, 0.3) is 11.1 Å². The lowest BCUT2D eigenvalue weighted by Crippen LogP contribution is -2.20. The van der Waals surface area contributed by atoms with Gasteiger partial charge in [0.25, 0.3) is 5.91 Å².